The second-order valence-corrected chi connectivity index (χ2v) is 6.45. The van der Waals surface area contributed by atoms with Crippen LogP contribution in [0.4, 0.5) is 0 Å². The van der Waals surface area contributed by atoms with E-state index >= 15 is 0 Å². The van der Waals surface area contributed by atoms with Crippen LogP contribution in [0.1, 0.15) is 24.5 Å². The molecule has 2 rings (SSSR count). The molecule has 0 aromatic heterocycles. The zero-order chi connectivity index (χ0) is 11.1. The summed E-state index contributed by atoms with van der Waals surface area (Å²) in [7, 11) is 0. The highest BCUT2D eigenvalue weighted by Crippen LogP contribution is 2.43. The smallest absolute Gasteiger partial charge is 0.102 e. The SMILES string of the molecule is Cc1cc([C@@]2(O)CCS[C@@H]2C)ccc1Br. The van der Waals surface area contributed by atoms with Crippen LogP contribution in [0.15, 0.2) is 22.7 Å². The van der Waals surface area contributed by atoms with Crippen LogP contribution >= 0.6 is 27.7 Å². The Morgan fingerprint density at radius 2 is 2.27 bits per heavy atom. The Kier molecular flexibility index (Phi) is 3.15. The second kappa shape index (κ2) is 4.11. The normalized spacial score (nSPS) is 30.8. The minimum absolute atomic E-state index is 0.290. The third-order valence-electron chi connectivity index (χ3n) is 3.18. The zero-order valence-corrected chi connectivity index (χ0v) is 11.4. The first-order valence-electron chi connectivity index (χ1n) is 5.14. The molecule has 0 amide bonds. The standard InChI is InChI=1S/C12H15BrOS/c1-8-7-10(3-4-11(8)13)12(14)5-6-15-9(12)2/h3-4,7,9,14H,5-6H2,1-2H3/t9-,12-/m1/s1. The van der Waals surface area contributed by atoms with Crippen molar-refractivity contribution in [1.29, 1.82) is 0 Å². The van der Waals surface area contributed by atoms with Gasteiger partial charge in [-0.2, -0.15) is 11.8 Å². The molecule has 1 nitrogen and oxygen atoms in total. The summed E-state index contributed by atoms with van der Waals surface area (Å²) in [5.74, 6) is 1.05. The molecule has 3 heteroatoms. The average molecular weight is 287 g/mol. The molecule has 2 atom stereocenters. The maximum Gasteiger partial charge on any atom is 0.102 e. The largest absolute Gasteiger partial charge is 0.384 e. The molecule has 0 saturated carbocycles. The molecule has 82 valence electrons. The highest BCUT2D eigenvalue weighted by Gasteiger charge is 2.40. The monoisotopic (exact) mass is 286 g/mol. The summed E-state index contributed by atoms with van der Waals surface area (Å²) in [6.45, 7) is 4.17. The molecule has 1 N–H and O–H groups in total. The average Bonchev–Trinajstić information content (AvgIpc) is 2.53. The van der Waals surface area contributed by atoms with Crippen molar-refractivity contribution in [3.05, 3.63) is 33.8 Å². The fraction of sp³-hybridized carbons (Fsp3) is 0.500. The molecule has 1 saturated heterocycles. The topological polar surface area (TPSA) is 20.2 Å². The number of hydrogen-bond donors (Lipinski definition) is 1. The molecular formula is C12H15BrOS. The highest BCUT2D eigenvalue weighted by molar-refractivity contribution is 9.10. The molecule has 1 aromatic carbocycles. The summed E-state index contributed by atoms with van der Waals surface area (Å²) in [4.78, 5) is 0. The Bertz CT molecular complexity index is 380. The van der Waals surface area contributed by atoms with E-state index in [2.05, 4.69) is 35.8 Å². The lowest BCUT2D eigenvalue weighted by molar-refractivity contribution is 0.0426. The van der Waals surface area contributed by atoms with Crippen LogP contribution in [-0.4, -0.2) is 16.1 Å². The quantitative estimate of drug-likeness (QED) is 0.853. The number of hydrogen-bond acceptors (Lipinski definition) is 2. The van der Waals surface area contributed by atoms with E-state index < -0.39 is 5.60 Å². The van der Waals surface area contributed by atoms with Gasteiger partial charge in [-0.25, -0.2) is 0 Å². The summed E-state index contributed by atoms with van der Waals surface area (Å²) >= 11 is 5.33. The Labute approximate surface area is 103 Å². The molecule has 0 unspecified atom stereocenters. The van der Waals surface area contributed by atoms with Crippen LogP contribution in [0, 0.1) is 6.92 Å². The maximum absolute atomic E-state index is 10.6. The number of aliphatic hydroxyl groups is 1. The van der Waals surface area contributed by atoms with Crippen LogP contribution < -0.4 is 0 Å². The van der Waals surface area contributed by atoms with E-state index in [1.807, 2.05) is 23.9 Å². The Balaban J connectivity index is 2.40. The first-order valence-corrected chi connectivity index (χ1v) is 6.99. The van der Waals surface area contributed by atoms with E-state index in [1.165, 1.54) is 5.56 Å². The number of aryl methyl sites for hydroxylation is 1. The molecule has 1 fully saturated rings. The molecule has 0 bridgehead atoms. The molecule has 1 heterocycles. The Hall–Kier alpha value is 0.01000. The van der Waals surface area contributed by atoms with E-state index in [9.17, 15) is 5.11 Å². The molecule has 0 aliphatic carbocycles. The van der Waals surface area contributed by atoms with Gasteiger partial charge in [0.05, 0.1) is 0 Å². The fourth-order valence-electron chi connectivity index (χ4n) is 2.03. The van der Waals surface area contributed by atoms with Crippen molar-refractivity contribution in [3.63, 3.8) is 0 Å². The predicted octanol–water partition coefficient (Wildman–Crippen LogP) is 3.47. The fourth-order valence-corrected chi connectivity index (χ4v) is 3.58. The van der Waals surface area contributed by atoms with Crippen LogP contribution in [0.2, 0.25) is 0 Å². The van der Waals surface area contributed by atoms with E-state index in [4.69, 9.17) is 0 Å². The van der Waals surface area contributed by atoms with Gasteiger partial charge in [-0.15, -0.1) is 0 Å². The molecule has 0 spiro atoms. The number of thioether (sulfide) groups is 1. The Morgan fingerprint density at radius 1 is 1.53 bits per heavy atom. The van der Waals surface area contributed by atoms with Gasteiger partial charge in [0.15, 0.2) is 0 Å². The number of rotatable bonds is 1. The lowest BCUT2D eigenvalue weighted by atomic mass is 9.88. The lowest BCUT2D eigenvalue weighted by Crippen LogP contribution is -2.31. The maximum atomic E-state index is 10.6. The van der Waals surface area contributed by atoms with Gasteiger partial charge < -0.3 is 5.11 Å². The second-order valence-electron chi connectivity index (χ2n) is 4.15. The van der Waals surface area contributed by atoms with Crippen LogP contribution in [0.25, 0.3) is 0 Å². The van der Waals surface area contributed by atoms with Crippen molar-refractivity contribution >= 4 is 27.7 Å². The molecule has 15 heavy (non-hydrogen) atoms. The third-order valence-corrected chi connectivity index (χ3v) is 5.40. The van der Waals surface area contributed by atoms with Gasteiger partial charge >= 0.3 is 0 Å². The summed E-state index contributed by atoms with van der Waals surface area (Å²) in [5, 5.41) is 10.9. The summed E-state index contributed by atoms with van der Waals surface area (Å²) < 4.78 is 1.10. The van der Waals surface area contributed by atoms with Gasteiger partial charge in [-0.05, 0) is 36.3 Å². The summed E-state index contributed by atoms with van der Waals surface area (Å²) in [6, 6.07) is 6.14. The molecular weight excluding hydrogens is 272 g/mol. The Morgan fingerprint density at radius 3 is 2.80 bits per heavy atom. The van der Waals surface area contributed by atoms with E-state index in [0.717, 1.165) is 22.2 Å². The van der Waals surface area contributed by atoms with E-state index in [0.29, 0.717) is 0 Å². The minimum atomic E-state index is -0.629. The molecule has 0 radical (unpaired) electrons. The van der Waals surface area contributed by atoms with Crippen molar-refractivity contribution in [1.82, 2.24) is 0 Å². The van der Waals surface area contributed by atoms with E-state index in [-0.39, 0.29) is 5.25 Å². The van der Waals surface area contributed by atoms with Crippen molar-refractivity contribution < 1.29 is 5.11 Å². The summed E-state index contributed by atoms with van der Waals surface area (Å²) in [5.41, 5.74) is 1.61. The highest BCUT2D eigenvalue weighted by atomic mass is 79.9. The zero-order valence-electron chi connectivity index (χ0n) is 8.96. The molecule has 1 aliphatic rings. The van der Waals surface area contributed by atoms with Crippen molar-refractivity contribution in [2.24, 2.45) is 0 Å². The van der Waals surface area contributed by atoms with Gasteiger partial charge in [-0.1, -0.05) is 35.0 Å². The van der Waals surface area contributed by atoms with Gasteiger partial charge in [0.1, 0.15) is 5.60 Å². The van der Waals surface area contributed by atoms with Crippen molar-refractivity contribution in [3.8, 4) is 0 Å². The van der Waals surface area contributed by atoms with Crippen LogP contribution in [0.3, 0.4) is 0 Å². The van der Waals surface area contributed by atoms with Gasteiger partial charge in [0.25, 0.3) is 0 Å². The predicted molar refractivity (Wildman–Crippen MR) is 69.3 cm³/mol. The molecule has 1 aliphatic heterocycles. The van der Waals surface area contributed by atoms with Gasteiger partial charge in [0.2, 0.25) is 0 Å². The minimum Gasteiger partial charge on any atom is -0.384 e. The number of benzene rings is 1. The van der Waals surface area contributed by atoms with Crippen LogP contribution in [-0.2, 0) is 5.60 Å². The lowest BCUT2D eigenvalue weighted by Gasteiger charge is -2.27. The number of halogens is 1. The summed E-state index contributed by atoms with van der Waals surface area (Å²) in [6.07, 6.45) is 0.861. The first kappa shape index (κ1) is 11.5. The van der Waals surface area contributed by atoms with Gasteiger partial charge in [0, 0.05) is 9.72 Å². The van der Waals surface area contributed by atoms with Gasteiger partial charge in [-0.3, -0.25) is 0 Å². The molecule has 1 aromatic rings. The van der Waals surface area contributed by atoms with Crippen LogP contribution in [0.5, 0.6) is 0 Å². The first-order chi connectivity index (χ1) is 7.04. The third kappa shape index (κ3) is 1.97. The van der Waals surface area contributed by atoms with Crippen molar-refractivity contribution in [2.45, 2.75) is 31.1 Å². The van der Waals surface area contributed by atoms with E-state index in [1.54, 1.807) is 0 Å². The van der Waals surface area contributed by atoms with Crippen molar-refractivity contribution in [2.75, 3.05) is 5.75 Å².